The predicted octanol–water partition coefficient (Wildman–Crippen LogP) is 3.19. The molecular formula is C19H23N3O. The molecule has 0 bridgehead atoms. The maximum Gasteiger partial charge on any atom is 0.193 e. The van der Waals surface area contributed by atoms with Gasteiger partial charge in [0.05, 0.1) is 6.26 Å². The van der Waals surface area contributed by atoms with E-state index >= 15 is 0 Å². The first-order valence-electron chi connectivity index (χ1n) is 8.09. The molecule has 1 aliphatic rings. The van der Waals surface area contributed by atoms with Crippen LogP contribution < -0.4 is 5.32 Å². The van der Waals surface area contributed by atoms with E-state index in [0.29, 0.717) is 0 Å². The maximum atomic E-state index is 5.35. The molecule has 120 valence electrons. The topological polar surface area (TPSA) is 40.8 Å². The standard InChI is InChI=1S/C19H23N3O/c1-20-19(21-12-9-18-8-5-15-23-18)22-13-10-17(11-14-22)16-6-3-2-4-7-16/h2-8,10,15H,9,11-14H2,1H3,(H,20,21). The maximum absolute atomic E-state index is 5.35. The molecule has 23 heavy (non-hydrogen) atoms. The lowest BCUT2D eigenvalue weighted by Gasteiger charge is -2.29. The summed E-state index contributed by atoms with van der Waals surface area (Å²) in [6.45, 7) is 2.71. The molecule has 4 heteroatoms. The van der Waals surface area contributed by atoms with Gasteiger partial charge in [0.15, 0.2) is 5.96 Å². The van der Waals surface area contributed by atoms with Gasteiger partial charge >= 0.3 is 0 Å². The van der Waals surface area contributed by atoms with E-state index in [2.05, 4.69) is 51.6 Å². The number of nitrogens with one attached hydrogen (secondary N) is 1. The second-order valence-corrected chi connectivity index (χ2v) is 5.59. The molecule has 1 aliphatic heterocycles. The minimum Gasteiger partial charge on any atom is -0.469 e. The zero-order chi connectivity index (χ0) is 15.9. The summed E-state index contributed by atoms with van der Waals surface area (Å²) >= 11 is 0. The molecular weight excluding hydrogens is 286 g/mol. The summed E-state index contributed by atoms with van der Waals surface area (Å²) in [7, 11) is 1.84. The van der Waals surface area contributed by atoms with E-state index in [1.54, 1.807) is 6.26 Å². The highest BCUT2D eigenvalue weighted by Crippen LogP contribution is 2.21. The Morgan fingerprint density at radius 2 is 2.09 bits per heavy atom. The fourth-order valence-corrected chi connectivity index (χ4v) is 2.86. The number of guanidine groups is 1. The summed E-state index contributed by atoms with van der Waals surface area (Å²) in [5.74, 6) is 1.96. The lowest BCUT2D eigenvalue weighted by molar-refractivity contribution is 0.437. The van der Waals surface area contributed by atoms with Crippen molar-refractivity contribution < 1.29 is 4.42 Å². The number of benzene rings is 1. The highest BCUT2D eigenvalue weighted by atomic mass is 16.3. The third-order valence-corrected chi connectivity index (χ3v) is 4.10. The van der Waals surface area contributed by atoms with E-state index in [4.69, 9.17) is 4.42 Å². The summed E-state index contributed by atoms with van der Waals surface area (Å²) in [5, 5.41) is 3.42. The van der Waals surface area contributed by atoms with E-state index in [0.717, 1.165) is 44.2 Å². The summed E-state index contributed by atoms with van der Waals surface area (Å²) < 4.78 is 5.35. The molecule has 0 fully saturated rings. The fraction of sp³-hybridized carbons (Fsp3) is 0.316. The first-order valence-corrected chi connectivity index (χ1v) is 8.09. The SMILES string of the molecule is CN=C(NCCc1ccco1)N1CC=C(c2ccccc2)CC1. The van der Waals surface area contributed by atoms with Gasteiger partial charge in [-0.05, 0) is 29.7 Å². The van der Waals surface area contributed by atoms with Crippen LogP contribution in [0.15, 0.2) is 64.2 Å². The third kappa shape index (κ3) is 4.03. The van der Waals surface area contributed by atoms with Gasteiger partial charge in [0.25, 0.3) is 0 Å². The lowest BCUT2D eigenvalue weighted by atomic mass is 10.00. The zero-order valence-electron chi connectivity index (χ0n) is 13.5. The molecule has 0 unspecified atom stereocenters. The van der Waals surface area contributed by atoms with E-state index in [1.807, 2.05) is 19.2 Å². The Kier molecular flexibility index (Phi) is 5.14. The van der Waals surface area contributed by atoms with Crippen LogP contribution in [-0.4, -0.2) is 37.5 Å². The minimum absolute atomic E-state index is 0.825. The zero-order valence-corrected chi connectivity index (χ0v) is 13.5. The normalized spacial score (nSPS) is 15.4. The van der Waals surface area contributed by atoms with Gasteiger partial charge in [-0.15, -0.1) is 0 Å². The van der Waals surface area contributed by atoms with E-state index in [1.165, 1.54) is 11.1 Å². The molecule has 0 atom stereocenters. The third-order valence-electron chi connectivity index (χ3n) is 4.10. The number of aliphatic imine (C=N–C) groups is 1. The molecule has 2 aromatic rings. The van der Waals surface area contributed by atoms with Gasteiger partial charge in [0.2, 0.25) is 0 Å². The summed E-state index contributed by atoms with van der Waals surface area (Å²) in [6, 6.07) is 14.5. The van der Waals surface area contributed by atoms with Gasteiger partial charge in [-0.1, -0.05) is 36.4 Å². The van der Waals surface area contributed by atoms with E-state index in [9.17, 15) is 0 Å². The average Bonchev–Trinajstić information content (AvgIpc) is 3.13. The van der Waals surface area contributed by atoms with Crippen LogP contribution in [-0.2, 0) is 6.42 Å². The van der Waals surface area contributed by atoms with Crippen molar-refractivity contribution in [3.05, 3.63) is 66.1 Å². The number of nitrogens with zero attached hydrogens (tertiary/aromatic N) is 2. The van der Waals surface area contributed by atoms with Crippen molar-refractivity contribution in [2.75, 3.05) is 26.7 Å². The largest absolute Gasteiger partial charge is 0.469 e. The van der Waals surface area contributed by atoms with Gasteiger partial charge in [-0.3, -0.25) is 4.99 Å². The van der Waals surface area contributed by atoms with Crippen LogP contribution in [0.2, 0.25) is 0 Å². The minimum atomic E-state index is 0.825. The van der Waals surface area contributed by atoms with Crippen LogP contribution in [0, 0.1) is 0 Å². The molecule has 0 aliphatic carbocycles. The molecule has 3 rings (SSSR count). The molecule has 1 aromatic heterocycles. The molecule has 4 nitrogen and oxygen atoms in total. The van der Waals surface area contributed by atoms with Crippen molar-refractivity contribution in [1.82, 2.24) is 10.2 Å². The number of hydrogen-bond donors (Lipinski definition) is 1. The van der Waals surface area contributed by atoms with Crippen molar-refractivity contribution >= 4 is 11.5 Å². The number of hydrogen-bond acceptors (Lipinski definition) is 2. The lowest BCUT2D eigenvalue weighted by Crippen LogP contribution is -2.44. The Balaban J connectivity index is 1.53. The molecule has 2 heterocycles. The Morgan fingerprint density at radius 3 is 2.74 bits per heavy atom. The van der Waals surface area contributed by atoms with Crippen molar-refractivity contribution in [2.45, 2.75) is 12.8 Å². The van der Waals surface area contributed by atoms with Crippen molar-refractivity contribution in [3.8, 4) is 0 Å². The number of furan rings is 1. The van der Waals surface area contributed by atoms with Crippen LogP contribution in [0.1, 0.15) is 17.7 Å². The monoisotopic (exact) mass is 309 g/mol. The molecule has 0 amide bonds. The average molecular weight is 309 g/mol. The first-order chi connectivity index (χ1) is 11.4. The first kappa shape index (κ1) is 15.4. The molecule has 0 radical (unpaired) electrons. The van der Waals surface area contributed by atoms with Gasteiger partial charge in [0, 0.05) is 33.1 Å². The van der Waals surface area contributed by atoms with Crippen LogP contribution in [0.25, 0.3) is 5.57 Å². The van der Waals surface area contributed by atoms with E-state index < -0.39 is 0 Å². The summed E-state index contributed by atoms with van der Waals surface area (Å²) in [6.07, 6.45) is 5.93. The molecule has 0 saturated heterocycles. The van der Waals surface area contributed by atoms with Crippen LogP contribution >= 0.6 is 0 Å². The highest BCUT2D eigenvalue weighted by Gasteiger charge is 2.15. The summed E-state index contributed by atoms with van der Waals surface area (Å²) in [5.41, 5.74) is 2.75. The predicted molar refractivity (Wildman–Crippen MR) is 94.4 cm³/mol. The second kappa shape index (κ2) is 7.68. The van der Waals surface area contributed by atoms with Crippen LogP contribution in [0.3, 0.4) is 0 Å². The quantitative estimate of drug-likeness (QED) is 0.696. The molecule has 0 saturated carbocycles. The second-order valence-electron chi connectivity index (χ2n) is 5.59. The van der Waals surface area contributed by atoms with Gasteiger partial charge in [-0.2, -0.15) is 0 Å². The molecule has 0 spiro atoms. The molecule has 1 N–H and O–H groups in total. The van der Waals surface area contributed by atoms with E-state index in [-0.39, 0.29) is 0 Å². The van der Waals surface area contributed by atoms with Gasteiger partial charge in [0.1, 0.15) is 5.76 Å². The van der Waals surface area contributed by atoms with Crippen molar-refractivity contribution in [3.63, 3.8) is 0 Å². The van der Waals surface area contributed by atoms with Crippen molar-refractivity contribution in [1.29, 1.82) is 0 Å². The number of rotatable bonds is 4. The highest BCUT2D eigenvalue weighted by molar-refractivity contribution is 5.81. The molecule has 1 aromatic carbocycles. The Morgan fingerprint density at radius 1 is 1.22 bits per heavy atom. The Labute approximate surface area is 137 Å². The van der Waals surface area contributed by atoms with Crippen molar-refractivity contribution in [2.24, 2.45) is 4.99 Å². The van der Waals surface area contributed by atoms with Crippen LogP contribution in [0.4, 0.5) is 0 Å². The van der Waals surface area contributed by atoms with Gasteiger partial charge in [-0.25, -0.2) is 0 Å². The Bertz CT molecular complexity index is 659. The fourth-order valence-electron chi connectivity index (χ4n) is 2.86. The smallest absolute Gasteiger partial charge is 0.193 e. The Hall–Kier alpha value is -2.49. The van der Waals surface area contributed by atoms with Gasteiger partial charge < -0.3 is 14.6 Å². The summed E-state index contributed by atoms with van der Waals surface area (Å²) in [4.78, 5) is 6.69. The van der Waals surface area contributed by atoms with Crippen LogP contribution in [0.5, 0.6) is 0 Å².